The van der Waals surface area contributed by atoms with Gasteiger partial charge in [0.05, 0.1) is 30.3 Å². The number of hydrogen-bond donors (Lipinski definition) is 2. The van der Waals surface area contributed by atoms with Crippen molar-refractivity contribution in [1.82, 2.24) is 20.2 Å². The van der Waals surface area contributed by atoms with E-state index in [0.29, 0.717) is 19.5 Å². The van der Waals surface area contributed by atoms with Crippen molar-refractivity contribution in [2.75, 3.05) is 7.05 Å². The molecule has 1 unspecified atom stereocenters. The number of nitrogens with one attached hydrogen (secondary N) is 2. The molecular weight excluding hydrogens is 340 g/mol. The number of nitrogens with zero attached hydrogens (tertiary/aromatic N) is 2. The van der Waals surface area contributed by atoms with Gasteiger partial charge in [-0.3, -0.25) is 10.1 Å². The molecule has 5 nitrogen and oxygen atoms in total. The fourth-order valence-corrected chi connectivity index (χ4v) is 3.86. The van der Waals surface area contributed by atoms with Crippen molar-refractivity contribution in [1.29, 1.82) is 0 Å². The molecule has 2 aromatic heterocycles. The van der Waals surface area contributed by atoms with Gasteiger partial charge in [-0.25, -0.2) is 4.98 Å². The first kappa shape index (κ1) is 13.8. The molecule has 3 rings (SSSR count). The zero-order valence-corrected chi connectivity index (χ0v) is 13.4. The number of fused-ring (bicyclic) bond motifs is 1. The van der Waals surface area contributed by atoms with Crippen LogP contribution in [0.25, 0.3) is 0 Å². The average molecular weight is 355 g/mol. The van der Waals surface area contributed by atoms with Gasteiger partial charge in [-0.1, -0.05) is 0 Å². The highest BCUT2D eigenvalue weighted by Gasteiger charge is 2.28. The first-order valence-corrected chi connectivity index (χ1v) is 8.03. The third-order valence-electron chi connectivity index (χ3n) is 3.42. The molecule has 3 heterocycles. The molecule has 1 atom stereocenters. The van der Waals surface area contributed by atoms with E-state index in [0.717, 1.165) is 15.9 Å². The normalized spacial score (nSPS) is 17.8. The molecule has 7 heteroatoms. The van der Waals surface area contributed by atoms with Crippen LogP contribution >= 0.6 is 27.3 Å². The summed E-state index contributed by atoms with van der Waals surface area (Å²) < 4.78 is 1.07. The van der Waals surface area contributed by atoms with Crippen molar-refractivity contribution in [3.05, 3.63) is 38.5 Å². The lowest BCUT2D eigenvalue weighted by Gasteiger charge is -2.26. The number of likely N-dealkylation sites (N-methyl/N-ethyl adjacent to an activating group) is 1. The Morgan fingerprint density at radius 2 is 2.50 bits per heavy atom. The molecule has 0 spiro atoms. The molecule has 1 amide bonds. The number of carbonyl (C=O) groups excluding carboxylic acids is 1. The summed E-state index contributed by atoms with van der Waals surface area (Å²) in [6, 6.07) is 1.87. The molecule has 0 fully saturated rings. The van der Waals surface area contributed by atoms with Crippen molar-refractivity contribution in [3.8, 4) is 0 Å². The van der Waals surface area contributed by atoms with E-state index in [4.69, 9.17) is 0 Å². The smallest absolute Gasteiger partial charge is 0.240 e. The Kier molecular flexibility index (Phi) is 3.91. The zero-order chi connectivity index (χ0) is 14.1. The van der Waals surface area contributed by atoms with Gasteiger partial charge in [0.2, 0.25) is 5.91 Å². The van der Waals surface area contributed by atoms with Crippen LogP contribution in [0.1, 0.15) is 16.3 Å². The molecule has 2 N–H and O–H groups in total. The van der Waals surface area contributed by atoms with E-state index in [-0.39, 0.29) is 11.9 Å². The van der Waals surface area contributed by atoms with Crippen LogP contribution in [-0.4, -0.2) is 33.9 Å². The Labute approximate surface area is 129 Å². The average Bonchev–Trinajstić information content (AvgIpc) is 3.05. The number of thiophene rings is 1. The Hall–Kier alpha value is -1.18. The number of hydrogen-bond acceptors (Lipinski definition) is 4. The number of rotatable bonds is 3. The second-order valence-corrected chi connectivity index (χ2v) is 6.80. The van der Waals surface area contributed by atoms with Crippen molar-refractivity contribution >= 4 is 33.2 Å². The Morgan fingerprint density at radius 3 is 3.25 bits per heavy atom. The summed E-state index contributed by atoms with van der Waals surface area (Å²) in [5.74, 6) is 0.114. The van der Waals surface area contributed by atoms with Gasteiger partial charge in [-0.15, -0.1) is 11.3 Å². The van der Waals surface area contributed by atoms with Crippen LogP contribution in [0, 0.1) is 0 Å². The lowest BCUT2D eigenvalue weighted by atomic mass is 10.0. The van der Waals surface area contributed by atoms with E-state index in [9.17, 15) is 4.79 Å². The van der Waals surface area contributed by atoms with Gasteiger partial charge < -0.3 is 9.88 Å². The second-order valence-electron chi connectivity index (χ2n) is 4.89. The summed E-state index contributed by atoms with van der Waals surface area (Å²) in [5, 5.41) is 5.30. The van der Waals surface area contributed by atoms with Gasteiger partial charge in [0.15, 0.2) is 0 Å². The predicted molar refractivity (Wildman–Crippen MR) is 81.4 cm³/mol. The lowest BCUT2D eigenvalue weighted by molar-refractivity contribution is -0.132. The molecule has 106 valence electrons. The summed E-state index contributed by atoms with van der Waals surface area (Å²) in [7, 11) is 1.84. The number of aromatic nitrogens is 2. The minimum atomic E-state index is -0.181. The topological polar surface area (TPSA) is 61.0 Å². The maximum absolute atomic E-state index is 12.5. The van der Waals surface area contributed by atoms with Crippen LogP contribution in [0.5, 0.6) is 0 Å². The van der Waals surface area contributed by atoms with E-state index >= 15 is 0 Å². The molecule has 0 saturated carbocycles. The molecular formula is C13H15BrN4OS. The lowest BCUT2D eigenvalue weighted by Crippen LogP contribution is -2.48. The fraction of sp³-hybridized carbons (Fsp3) is 0.385. The van der Waals surface area contributed by atoms with Gasteiger partial charge in [-0.05, 0) is 22.0 Å². The molecule has 20 heavy (non-hydrogen) atoms. The highest BCUT2D eigenvalue weighted by atomic mass is 79.9. The van der Waals surface area contributed by atoms with Gasteiger partial charge >= 0.3 is 0 Å². The fourth-order valence-electron chi connectivity index (χ4n) is 2.36. The van der Waals surface area contributed by atoms with Crippen molar-refractivity contribution < 1.29 is 4.79 Å². The third-order valence-corrected chi connectivity index (χ3v) is 5.10. The van der Waals surface area contributed by atoms with Crippen molar-refractivity contribution in [3.63, 3.8) is 0 Å². The molecule has 0 aliphatic carbocycles. The van der Waals surface area contributed by atoms with Crippen LogP contribution in [0.4, 0.5) is 0 Å². The zero-order valence-electron chi connectivity index (χ0n) is 11.0. The molecule has 2 aromatic rings. The summed E-state index contributed by atoms with van der Waals surface area (Å²) >= 11 is 5.09. The molecule has 0 aromatic carbocycles. The van der Waals surface area contributed by atoms with Crippen LogP contribution in [0.2, 0.25) is 0 Å². The first-order chi connectivity index (χ1) is 9.63. The SMILES string of the molecule is CN(Cc1cc(Br)cs1)C(=O)C1Cc2nc[nH]c2CN1. The minimum absolute atomic E-state index is 0.114. The second kappa shape index (κ2) is 5.67. The van der Waals surface area contributed by atoms with E-state index in [1.807, 2.05) is 12.4 Å². The number of aromatic amines is 1. The molecule has 0 saturated heterocycles. The van der Waals surface area contributed by atoms with Crippen molar-refractivity contribution in [2.45, 2.75) is 25.6 Å². The van der Waals surface area contributed by atoms with E-state index in [1.165, 1.54) is 4.88 Å². The molecule has 1 aliphatic rings. The van der Waals surface area contributed by atoms with Gasteiger partial charge in [-0.2, -0.15) is 0 Å². The van der Waals surface area contributed by atoms with E-state index in [2.05, 4.69) is 37.3 Å². The predicted octanol–water partition coefficient (Wildman–Crippen LogP) is 1.91. The van der Waals surface area contributed by atoms with Gasteiger partial charge in [0.25, 0.3) is 0 Å². The first-order valence-electron chi connectivity index (χ1n) is 6.36. The van der Waals surface area contributed by atoms with E-state index < -0.39 is 0 Å². The number of amides is 1. The van der Waals surface area contributed by atoms with Crippen LogP contribution in [-0.2, 0) is 24.3 Å². The molecule has 1 aliphatic heterocycles. The number of carbonyl (C=O) groups is 1. The molecule has 0 bridgehead atoms. The molecule has 0 radical (unpaired) electrons. The quantitative estimate of drug-likeness (QED) is 0.884. The highest BCUT2D eigenvalue weighted by molar-refractivity contribution is 9.10. The Balaban J connectivity index is 1.64. The van der Waals surface area contributed by atoms with E-state index in [1.54, 1.807) is 22.6 Å². The van der Waals surface area contributed by atoms with Crippen LogP contribution < -0.4 is 5.32 Å². The van der Waals surface area contributed by atoms with Gasteiger partial charge in [0, 0.05) is 34.7 Å². The summed E-state index contributed by atoms with van der Waals surface area (Å²) in [6.07, 6.45) is 2.34. The largest absolute Gasteiger partial charge is 0.347 e. The third kappa shape index (κ3) is 2.79. The summed E-state index contributed by atoms with van der Waals surface area (Å²) in [4.78, 5) is 22.8. The highest BCUT2D eigenvalue weighted by Crippen LogP contribution is 2.21. The maximum Gasteiger partial charge on any atom is 0.240 e. The maximum atomic E-state index is 12.5. The van der Waals surface area contributed by atoms with Crippen molar-refractivity contribution in [2.24, 2.45) is 0 Å². The minimum Gasteiger partial charge on any atom is -0.347 e. The Morgan fingerprint density at radius 1 is 1.65 bits per heavy atom. The van der Waals surface area contributed by atoms with Crippen LogP contribution in [0.3, 0.4) is 0 Å². The number of H-pyrrole nitrogens is 1. The standard InChI is InChI=1S/C13H15BrN4OS/c1-18(5-9-2-8(14)6-20-9)13(19)11-3-10-12(4-15-11)17-7-16-10/h2,6-7,11,15H,3-5H2,1H3,(H,16,17). The number of imidazole rings is 1. The Bertz CT molecular complexity index is 623. The van der Waals surface area contributed by atoms with Gasteiger partial charge in [0.1, 0.15) is 0 Å². The summed E-state index contributed by atoms with van der Waals surface area (Å²) in [6.45, 7) is 1.31. The summed E-state index contributed by atoms with van der Waals surface area (Å²) in [5.41, 5.74) is 2.08. The number of halogens is 1. The monoisotopic (exact) mass is 354 g/mol. The van der Waals surface area contributed by atoms with Crippen LogP contribution in [0.15, 0.2) is 22.2 Å².